The van der Waals surface area contributed by atoms with Crippen molar-refractivity contribution >= 4 is 5.69 Å². The first-order valence-corrected chi connectivity index (χ1v) is 9.62. The Bertz CT molecular complexity index is 565. The van der Waals surface area contributed by atoms with Gasteiger partial charge in [-0.25, -0.2) is 4.39 Å². The Morgan fingerprint density at radius 3 is 2.16 bits per heavy atom. The van der Waals surface area contributed by atoms with Gasteiger partial charge >= 0.3 is 0 Å². The van der Waals surface area contributed by atoms with E-state index >= 15 is 0 Å². The van der Waals surface area contributed by atoms with Gasteiger partial charge < -0.3 is 15.8 Å². The predicted molar refractivity (Wildman–Crippen MR) is 96.8 cm³/mol. The Balaban J connectivity index is 1.46. The van der Waals surface area contributed by atoms with Gasteiger partial charge in [0.05, 0.1) is 12.3 Å². The van der Waals surface area contributed by atoms with E-state index in [1.807, 2.05) is 0 Å². The Hall–Kier alpha value is -1.36. The van der Waals surface area contributed by atoms with Gasteiger partial charge in [0.25, 0.3) is 0 Å². The molecular weight excluding hydrogens is 322 g/mol. The Kier molecular flexibility index (Phi) is 6.15. The number of nitrogens with one attached hydrogen (secondary N) is 1. The minimum absolute atomic E-state index is 0.0138. The summed E-state index contributed by atoms with van der Waals surface area (Å²) in [5.74, 6) is 0.321. The van der Waals surface area contributed by atoms with Crippen molar-refractivity contribution in [1.29, 1.82) is 0 Å². The van der Waals surface area contributed by atoms with Gasteiger partial charge in [0.1, 0.15) is 0 Å². The van der Waals surface area contributed by atoms with Crippen molar-refractivity contribution in [3.05, 3.63) is 23.8 Å². The lowest BCUT2D eigenvalue weighted by Crippen LogP contribution is -2.31. The van der Waals surface area contributed by atoms with E-state index in [4.69, 9.17) is 10.5 Å². The van der Waals surface area contributed by atoms with Gasteiger partial charge in [0.15, 0.2) is 11.6 Å². The summed E-state index contributed by atoms with van der Waals surface area (Å²) in [5, 5.41) is 2.63. The van der Waals surface area contributed by atoms with Crippen LogP contribution in [0.2, 0.25) is 0 Å². The van der Waals surface area contributed by atoms with Crippen molar-refractivity contribution in [2.45, 2.75) is 57.4 Å². The number of hydrogen-bond donors (Lipinski definition) is 2. The number of hydrogen-bond acceptors (Lipinski definition) is 3. The second kappa shape index (κ2) is 8.35. The van der Waals surface area contributed by atoms with Crippen LogP contribution in [0, 0.1) is 29.4 Å². The van der Waals surface area contributed by atoms with Gasteiger partial charge in [-0.2, -0.15) is 4.39 Å². The average Bonchev–Trinajstić information content (AvgIpc) is 2.64. The van der Waals surface area contributed by atoms with Crippen molar-refractivity contribution in [2.24, 2.45) is 23.5 Å². The van der Waals surface area contributed by atoms with Crippen molar-refractivity contribution in [1.82, 2.24) is 0 Å². The highest BCUT2D eigenvalue weighted by molar-refractivity contribution is 5.48. The maximum Gasteiger partial charge on any atom is 0.202 e. The average molecular weight is 352 g/mol. The summed E-state index contributed by atoms with van der Waals surface area (Å²) in [6.07, 6.45) is 9.57. The lowest BCUT2D eigenvalue weighted by molar-refractivity contribution is 0.130. The van der Waals surface area contributed by atoms with E-state index < -0.39 is 11.6 Å². The summed E-state index contributed by atoms with van der Waals surface area (Å²) in [5.41, 5.74) is 6.16. The number of anilines is 1. The lowest BCUT2D eigenvalue weighted by Gasteiger charge is -2.37. The zero-order chi connectivity index (χ0) is 17.8. The fourth-order valence-electron chi connectivity index (χ4n) is 4.49. The van der Waals surface area contributed by atoms with Crippen LogP contribution in [0.25, 0.3) is 0 Å². The quantitative estimate of drug-likeness (QED) is 0.807. The first-order valence-electron chi connectivity index (χ1n) is 9.62. The molecule has 5 heteroatoms. The SMILES string of the molecule is CNc1ccc(OCC2CCC(C3CCC(N)CC3)CC2)c(F)c1F. The molecule has 3 nitrogen and oxygen atoms in total. The third-order valence-corrected chi connectivity index (χ3v) is 6.17. The molecule has 0 atom stereocenters. The highest BCUT2D eigenvalue weighted by Gasteiger charge is 2.30. The Morgan fingerprint density at radius 2 is 1.56 bits per heavy atom. The van der Waals surface area contributed by atoms with Crippen molar-refractivity contribution in [3.8, 4) is 5.75 Å². The second-order valence-electron chi connectivity index (χ2n) is 7.76. The van der Waals surface area contributed by atoms with Crippen molar-refractivity contribution in [3.63, 3.8) is 0 Å². The lowest BCUT2D eigenvalue weighted by atomic mass is 9.70. The van der Waals surface area contributed by atoms with E-state index in [9.17, 15) is 8.78 Å². The molecule has 2 saturated carbocycles. The number of benzene rings is 1. The van der Waals surface area contributed by atoms with E-state index in [0.717, 1.165) is 24.7 Å². The molecule has 3 N–H and O–H groups in total. The molecule has 0 aromatic heterocycles. The minimum Gasteiger partial charge on any atom is -0.490 e. The number of halogens is 2. The van der Waals surface area contributed by atoms with Gasteiger partial charge in [-0.05, 0) is 81.3 Å². The topological polar surface area (TPSA) is 47.3 Å². The van der Waals surface area contributed by atoms with Crippen LogP contribution in [0.4, 0.5) is 14.5 Å². The number of rotatable bonds is 5. The molecule has 2 aliphatic carbocycles. The molecule has 140 valence electrons. The van der Waals surface area contributed by atoms with Crippen LogP contribution in [0.15, 0.2) is 12.1 Å². The van der Waals surface area contributed by atoms with Crippen LogP contribution in [-0.2, 0) is 0 Å². The van der Waals surface area contributed by atoms with Crippen LogP contribution in [0.5, 0.6) is 5.75 Å². The Morgan fingerprint density at radius 1 is 0.960 bits per heavy atom. The van der Waals surface area contributed by atoms with Crippen LogP contribution in [0.3, 0.4) is 0 Å². The molecule has 0 aliphatic heterocycles. The fraction of sp³-hybridized carbons (Fsp3) is 0.700. The molecule has 2 fully saturated rings. The molecular formula is C20H30F2N2O. The minimum atomic E-state index is -0.904. The smallest absolute Gasteiger partial charge is 0.202 e. The van der Waals surface area contributed by atoms with E-state index in [1.165, 1.54) is 50.7 Å². The first-order chi connectivity index (χ1) is 12.1. The first kappa shape index (κ1) is 18.4. The summed E-state index contributed by atoms with van der Waals surface area (Å²) in [4.78, 5) is 0. The molecule has 2 aliphatic rings. The third kappa shape index (κ3) is 4.43. The molecule has 0 amide bonds. The summed E-state index contributed by atoms with van der Waals surface area (Å²) < 4.78 is 33.4. The normalized spacial score (nSPS) is 30.1. The van der Waals surface area contributed by atoms with E-state index in [2.05, 4.69) is 5.32 Å². The Labute approximate surface area is 149 Å². The summed E-state index contributed by atoms with van der Waals surface area (Å²) >= 11 is 0. The maximum absolute atomic E-state index is 14.0. The molecule has 1 aromatic rings. The fourth-order valence-corrected chi connectivity index (χ4v) is 4.49. The van der Waals surface area contributed by atoms with Crippen LogP contribution < -0.4 is 15.8 Å². The largest absolute Gasteiger partial charge is 0.490 e. The molecule has 25 heavy (non-hydrogen) atoms. The summed E-state index contributed by atoms with van der Waals surface area (Å²) in [6.45, 7) is 0.470. The van der Waals surface area contributed by atoms with E-state index in [-0.39, 0.29) is 11.4 Å². The van der Waals surface area contributed by atoms with Crippen LogP contribution in [-0.4, -0.2) is 19.7 Å². The van der Waals surface area contributed by atoms with Crippen molar-refractivity contribution < 1.29 is 13.5 Å². The van der Waals surface area contributed by atoms with Gasteiger partial charge in [-0.1, -0.05) is 0 Å². The van der Waals surface area contributed by atoms with Crippen molar-refractivity contribution in [2.75, 3.05) is 19.0 Å². The maximum atomic E-state index is 14.0. The zero-order valence-electron chi connectivity index (χ0n) is 15.1. The van der Waals surface area contributed by atoms with Crippen LogP contribution in [0.1, 0.15) is 51.4 Å². The number of ether oxygens (including phenoxy) is 1. The molecule has 1 aromatic carbocycles. The highest BCUT2D eigenvalue weighted by Crippen LogP contribution is 2.40. The predicted octanol–water partition coefficient (Wildman–Crippen LogP) is 4.71. The molecule has 0 heterocycles. The van der Waals surface area contributed by atoms with Gasteiger partial charge in [0, 0.05) is 13.1 Å². The van der Waals surface area contributed by atoms with Crippen LogP contribution >= 0.6 is 0 Å². The summed E-state index contributed by atoms with van der Waals surface area (Å²) in [6, 6.07) is 3.42. The van der Waals surface area contributed by atoms with E-state index in [0.29, 0.717) is 18.6 Å². The molecule has 0 spiro atoms. The molecule has 3 rings (SSSR count). The molecule has 0 radical (unpaired) electrons. The summed E-state index contributed by atoms with van der Waals surface area (Å²) in [7, 11) is 1.57. The van der Waals surface area contributed by atoms with Gasteiger partial charge in [0.2, 0.25) is 5.82 Å². The second-order valence-corrected chi connectivity index (χ2v) is 7.76. The highest BCUT2D eigenvalue weighted by atomic mass is 19.2. The van der Waals surface area contributed by atoms with Gasteiger partial charge in [-0.3, -0.25) is 0 Å². The van der Waals surface area contributed by atoms with Gasteiger partial charge in [-0.15, -0.1) is 0 Å². The monoisotopic (exact) mass is 352 g/mol. The zero-order valence-corrected chi connectivity index (χ0v) is 15.1. The van der Waals surface area contributed by atoms with E-state index in [1.54, 1.807) is 7.05 Å². The number of nitrogens with two attached hydrogens (primary N) is 1. The molecule has 0 bridgehead atoms. The molecule has 0 saturated heterocycles. The third-order valence-electron chi connectivity index (χ3n) is 6.17. The standard InChI is InChI=1S/C20H30F2N2O/c1-24-17-10-11-18(20(22)19(17)21)25-12-13-2-4-14(5-3-13)15-6-8-16(23)9-7-15/h10-11,13-16,24H,2-9,12,23H2,1H3. The molecule has 0 unspecified atom stereocenters.